The molecule has 1 rings (SSSR count). The molecule has 1 saturated heterocycles. The van der Waals surface area contributed by atoms with Crippen molar-refractivity contribution >= 4 is 0 Å². The van der Waals surface area contributed by atoms with E-state index in [1.165, 1.54) is 38.9 Å². The minimum Gasteiger partial charge on any atom is -0.315 e. The molecule has 0 aromatic rings. The number of rotatable bonds is 5. The van der Waals surface area contributed by atoms with E-state index in [0.717, 1.165) is 12.5 Å². The van der Waals surface area contributed by atoms with Gasteiger partial charge in [0.15, 0.2) is 0 Å². The summed E-state index contributed by atoms with van der Waals surface area (Å²) in [6, 6.07) is 0.763. The summed E-state index contributed by atoms with van der Waals surface area (Å²) in [6.45, 7) is 7.32. The zero-order valence-electron chi connectivity index (χ0n) is 8.76. The van der Waals surface area contributed by atoms with Gasteiger partial charge in [0.05, 0.1) is 0 Å². The monoisotopic (exact) mass is 182 g/mol. The van der Waals surface area contributed by atoms with Gasteiger partial charge < -0.3 is 10.2 Å². The summed E-state index contributed by atoms with van der Waals surface area (Å²) in [5.74, 6) is 0. The van der Waals surface area contributed by atoms with Crippen molar-refractivity contribution in [1.82, 2.24) is 10.2 Å². The predicted octanol–water partition coefficient (Wildman–Crippen LogP) is 1.64. The summed E-state index contributed by atoms with van der Waals surface area (Å²) in [7, 11) is 2.24. The van der Waals surface area contributed by atoms with Crippen molar-refractivity contribution in [3.63, 3.8) is 0 Å². The van der Waals surface area contributed by atoms with Crippen LogP contribution in [0.5, 0.6) is 0 Å². The molecule has 1 heterocycles. The quantitative estimate of drug-likeness (QED) is 0.513. The van der Waals surface area contributed by atoms with Gasteiger partial charge in [-0.25, -0.2) is 0 Å². The molecule has 76 valence electrons. The van der Waals surface area contributed by atoms with Gasteiger partial charge in [-0.2, -0.15) is 0 Å². The molecule has 0 saturated carbocycles. The maximum atomic E-state index is 3.74. The molecule has 1 unspecified atom stereocenters. The van der Waals surface area contributed by atoms with Gasteiger partial charge in [-0.3, -0.25) is 0 Å². The van der Waals surface area contributed by atoms with Crippen LogP contribution in [-0.2, 0) is 0 Å². The maximum absolute atomic E-state index is 3.74. The van der Waals surface area contributed by atoms with E-state index < -0.39 is 0 Å². The van der Waals surface area contributed by atoms with Gasteiger partial charge >= 0.3 is 0 Å². The highest BCUT2D eigenvalue weighted by molar-refractivity contribution is 4.77. The molecule has 1 atom stereocenters. The normalized spacial score (nSPS) is 23.4. The van der Waals surface area contributed by atoms with Crippen LogP contribution in [0.4, 0.5) is 0 Å². The topological polar surface area (TPSA) is 15.3 Å². The van der Waals surface area contributed by atoms with E-state index in [-0.39, 0.29) is 0 Å². The number of nitrogens with zero attached hydrogens (tertiary/aromatic N) is 1. The number of hydrogen-bond donors (Lipinski definition) is 1. The van der Waals surface area contributed by atoms with Gasteiger partial charge in [0.1, 0.15) is 0 Å². The second-order valence-electron chi connectivity index (χ2n) is 3.91. The van der Waals surface area contributed by atoms with Gasteiger partial charge in [0.25, 0.3) is 0 Å². The lowest BCUT2D eigenvalue weighted by molar-refractivity contribution is 0.201. The molecule has 0 spiro atoms. The van der Waals surface area contributed by atoms with E-state index in [0.29, 0.717) is 0 Å². The van der Waals surface area contributed by atoms with Gasteiger partial charge in [-0.1, -0.05) is 6.08 Å². The van der Waals surface area contributed by atoms with Crippen LogP contribution in [0.15, 0.2) is 12.7 Å². The second kappa shape index (κ2) is 6.17. The van der Waals surface area contributed by atoms with Crippen molar-refractivity contribution in [3.05, 3.63) is 12.7 Å². The summed E-state index contributed by atoms with van der Waals surface area (Å²) >= 11 is 0. The molecule has 13 heavy (non-hydrogen) atoms. The summed E-state index contributed by atoms with van der Waals surface area (Å²) in [6.07, 6.45) is 7.09. The Bertz CT molecular complexity index is 139. The first-order valence-corrected chi connectivity index (χ1v) is 5.36. The number of likely N-dealkylation sites (N-methyl/N-ethyl adjacent to an activating group) is 1. The molecule has 1 N–H and O–H groups in total. The van der Waals surface area contributed by atoms with Crippen molar-refractivity contribution in [1.29, 1.82) is 0 Å². The molecule has 1 aliphatic heterocycles. The number of piperidine rings is 1. The fraction of sp³-hybridized carbons (Fsp3) is 0.818. The van der Waals surface area contributed by atoms with Crippen molar-refractivity contribution in [3.8, 4) is 0 Å². The average molecular weight is 182 g/mol. The molecular formula is C11H22N2. The number of unbranched alkanes of at least 4 members (excludes halogenated alkanes) is 1. The third-order valence-electron chi connectivity index (χ3n) is 2.81. The first-order valence-electron chi connectivity index (χ1n) is 5.36. The van der Waals surface area contributed by atoms with Crippen molar-refractivity contribution in [2.24, 2.45) is 0 Å². The maximum Gasteiger partial charge on any atom is 0.0218 e. The van der Waals surface area contributed by atoms with Crippen molar-refractivity contribution < 1.29 is 0 Å². The minimum atomic E-state index is 0.763. The molecule has 0 aromatic heterocycles. The lowest BCUT2D eigenvalue weighted by atomic mass is 10.1. The Morgan fingerprint density at radius 1 is 1.62 bits per heavy atom. The Balaban J connectivity index is 2.13. The number of allylic oxidation sites excluding steroid dienone is 1. The van der Waals surface area contributed by atoms with E-state index in [9.17, 15) is 0 Å². The van der Waals surface area contributed by atoms with Crippen LogP contribution in [-0.4, -0.2) is 37.6 Å². The van der Waals surface area contributed by atoms with Crippen LogP contribution in [0.2, 0.25) is 0 Å². The van der Waals surface area contributed by atoms with E-state index in [1.807, 2.05) is 6.08 Å². The van der Waals surface area contributed by atoms with Crippen LogP contribution in [0.25, 0.3) is 0 Å². The smallest absolute Gasteiger partial charge is 0.0218 e. The Morgan fingerprint density at radius 3 is 3.08 bits per heavy atom. The molecule has 0 aromatic carbocycles. The van der Waals surface area contributed by atoms with Gasteiger partial charge in [-0.15, -0.1) is 6.58 Å². The molecule has 1 aliphatic rings. The zero-order chi connectivity index (χ0) is 9.52. The van der Waals surface area contributed by atoms with Crippen molar-refractivity contribution in [2.45, 2.75) is 31.7 Å². The van der Waals surface area contributed by atoms with Crippen LogP contribution in [0.3, 0.4) is 0 Å². The molecule has 1 fully saturated rings. The zero-order valence-corrected chi connectivity index (χ0v) is 8.76. The third kappa shape index (κ3) is 3.92. The van der Waals surface area contributed by atoms with E-state index >= 15 is 0 Å². The molecular weight excluding hydrogens is 160 g/mol. The van der Waals surface area contributed by atoms with Crippen LogP contribution < -0.4 is 5.32 Å². The van der Waals surface area contributed by atoms with Gasteiger partial charge in [0, 0.05) is 12.6 Å². The minimum absolute atomic E-state index is 0.763. The standard InChI is InChI=1S/C11H22N2/c1-3-4-5-9-13(2)11-7-6-8-12-10-11/h3,11-12H,1,4-10H2,2H3. The highest BCUT2D eigenvalue weighted by Crippen LogP contribution is 2.09. The Morgan fingerprint density at radius 2 is 2.46 bits per heavy atom. The Hall–Kier alpha value is -0.340. The van der Waals surface area contributed by atoms with E-state index in [1.54, 1.807) is 0 Å². The summed E-state index contributed by atoms with van der Waals surface area (Å²) in [5, 5.41) is 3.44. The lowest BCUT2D eigenvalue weighted by Crippen LogP contribution is -2.44. The van der Waals surface area contributed by atoms with E-state index in [4.69, 9.17) is 0 Å². The Labute approximate surface area is 82.0 Å². The predicted molar refractivity (Wildman–Crippen MR) is 58.0 cm³/mol. The fourth-order valence-corrected chi connectivity index (χ4v) is 1.88. The molecule has 0 aliphatic carbocycles. The first kappa shape index (κ1) is 10.7. The van der Waals surface area contributed by atoms with Crippen LogP contribution >= 0.6 is 0 Å². The highest BCUT2D eigenvalue weighted by atomic mass is 15.1. The van der Waals surface area contributed by atoms with Crippen LogP contribution in [0, 0.1) is 0 Å². The van der Waals surface area contributed by atoms with Gasteiger partial charge in [-0.05, 0) is 45.8 Å². The Kier molecular flexibility index (Phi) is 5.09. The second-order valence-corrected chi connectivity index (χ2v) is 3.91. The molecule has 2 heteroatoms. The number of nitrogens with one attached hydrogen (secondary N) is 1. The number of hydrogen-bond acceptors (Lipinski definition) is 2. The largest absolute Gasteiger partial charge is 0.315 e. The fourth-order valence-electron chi connectivity index (χ4n) is 1.88. The summed E-state index contributed by atoms with van der Waals surface area (Å²) in [5.41, 5.74) is 0. The van der Waals surface area contributed by atoms with Crippen LogP contribution in [0.1, 0.15) is 25.7 Å². The summed E-state index contributed by atoms with van der Waals surface area (Å²) < 4.78 is 0. The molecule has 0 bridgehead atoms. The molecule has 0 radical (unpaired) electrons. The third-order valence-corrected chi connectivity index (χ3v) is 2.81. The average Bonchev–Trinajstić information content (AvgIpc) is 2.19. The highest BCUT2D eigenvalue weighted by Gasteiger charge is 2.16. The molecule has 2 nitrogen and oxygen atoms in total. The first-order chi connectivity index (χ1) is 6.34. The van der Waals surface area contributed by atoms with E-state index in [2.05, 4.69) is 23.8 Å². The SMILES string of the molecule is C=CCCCN(C)C1CCCNC1. The lowest BCUT2D eigenvalue weighted by Gasteiger charge is -2.31. The van der Waals surface area contributed by atoms with Crippen molar-refractivity contribution in [2.75, 3.05) is 26.7 Å². The molecule has 0 amide bonds. The summed E-state index contributed by atoms with van der Waals surface area (Å²) in [4.78, 5) is 2.48. The van der Waals surface area contributed by atoms with Gasteiger partial charge in [0.2, 0.25) is 0 Å².